The van der Waals surface area contributed by atoms with Gasteiger partial charge in [0.15, 0.2) is 11.5 Å². The Hall–Kier alpha value is -3.13. The molecular formula is C18H14N2O3. The van der Waals surface area contributed by atoms with Gasteiger partial charge >= 0.3 is 0 Å². The van der Waals surface area contributed by atoms with Gasteiger partial charge in [0.2, 0.25) is 6.79 Å². The zero-order chi connectivity index (χ0) is 16.0. The van der Waals surface area contributed by atoms with Crippen molar-refractivity contribution in [1.29, 1.82) is 5.26 Å². The molecule has 3 aromatic rings. The molecule has 2 heterocycles. The first-order chi connectivity index (χ1) is 11.2. The van der Waals surface area contributed by atoms with Crippen LogP contribution in [0, 0.1) is 18.3 Å². The van der Waals surface area contributed by atoms with Crippen molar-refractivity contribution in [3.63, 3.8) is 0 Å². The molecule has 23 heavy (non-hydrogen) atoms. The van der Waals surface area contributed by atoms with Gasteiger partial charge in [-0.3, -0.25) is 0 Å². The molecular weight excluding hydrogens is 292 g/mol. The van der Waals surface area contributed by atoms with Gasteiger partial charge in [-0.25, -0.2) is 0 Å². The maximum atomic E-state index is 9.52. The molecule has 5 heteroatoms. The van der Waals surface area contributed by atoms with E-state index in [2.05, 4.69) is 6.07 Å². The topological polar surface area (TPSA) is 56.4 Å². The summed E-state index contributed by atoms with van der Waals surface area (Å²) in [5, 5.41) is 10.4. The first-order valence-corrected chi connectivity index (χ1v) is 7.22. The fourth-order valence-corrected chi connectivity index (χ4v) is 3.02. The monoisotopic (exact) mass is 306 g/mol. The molecule has 0 N–H and O–H groups in total. The van der Waals surface area contributed by atoms with Crippen LogP contribution in [0.1, 0.15) is 11.3 Å². The number of benzene rings is 2. The summed E-state index contributed by atoms with van der Waals surface area (Å²) in [6.45, 7) is 2.18. The minimum atomic E-state index is 0.238. The van der Waals surface area contributed by atoms with Gasteiger partial charge in [0.1, 0.15) is 11.8 Å². The Morgan fingerprint density at radius 1 is 1.13 bits per heavy atom. The van der Waals surface area contributed by atoms with Gasteiger partial charge in [-0.2, -0.15) is 5.26 Å². The van der Waals surface area contributed by atoms with Crippen molar-refractivity contribution < 1.29 is 14.2 Å². The molecule has 0 radical (unpaired) electrons. The predicted octanol–water partition coefficient (Wildman–Crippen LogP) is 3.55. The highest BCUT2D eigenvalue weighted by Gasteiger charge is 2.19. The maximum absolute atomic E-state index is 9.52. The molecule has 0 saturated heterocycles. The van der Waals surface area contributed by atoms with Gasteiger partial charge < -0.3 is 18.8 Å². The second-order valence-electron chi connectivity index (χ2n) is 5.33. The quantitative estimate of drug-likeness (QED) is 0.726. The van der Waals surface area contributed by atoms with E-state index in [4.69, 9.17) is 14.2 Å². The van der Waals surface area contributed by atoms with Crippen LogP contribution in [-0.4, -0.2) is 18.5 Å². The number of ether oxygens (including phenoxy) is 3. The zero-order valence-corrected chi connectivity index (χ0v) is 12.8. The van der Waals surface area contributed by atoms with Gasteiger partial charge in [0, 0.05) is 28.9 Å². The van der Waals surface area contributed by atoms with E-state index in [1.807, 2.05) is 47.9 Å². The second-order valence-corrected chi connectivity index (χ2v) is 5.33. The standard InChI is InChI=1S/C18H14N2O3/c1-11-15(9-19)14-5-4-13(21-2)8-16(14)20(11)12-3-6-17-18(7-12)23-10-22-17/h3-8H,10H2,1-2H3. The Bertz CT molecular complexity index is 967. The molecule has 1 aliphatic rings. The Morgan fingerprint density at radius 3 is 2.74 bits per heavy atom. The first-order valence-electron chi connectivity index (χ1n) is 7.22. The smallest absolute Gasteiger partial charge is 0.231 e. The third-order valence-corrected chi connectivity index (χ3v) is 4.14. The molecule has 5 nitrogen and oxygen atoms in total. The Morgan fingerprint density at radius 2 is 1.96 bits per heavy atom. The van der Waals surface area contributed by atoms with E-state index in [-0.39, 0.29) is 6.79 Å². The first kappa shape index (κ1) is 13.5. The molecule has 0 atom stereocenters. The third-order valence-electron chi connectivity index (χ3n) is 4.14. The van der Waals surface area contributed by atoms with Crippen LogP contribution < -0.4 is 14.2 Å². The highest BCUT2D eigenvalue weighted by atomic mass is 16.7. The van der Waals surface area contributed by atoms with Crippen molar-refractivity contribution in [2.75, 3.05) is 13.9 Å². The summed E-state index contributed by atoms with van der Waals surface area (Å²) >= 11 is 0. The zero-order valence-electron chi connectivity index (χ0n) is 12.8. The fraction of sp³-hybridized carbons (Fsp3) is 0.167. The minimum Gasteiger partial charge on any atom is -0.497 e. The number of hydrogen-bond donors (Lipinski definition) is 0. The summed E-state index contributed by atoms with van der Waals surface area (Å²) in [6.07, 6.45) is 0. The van der Waals surface area contributed by atoms with Crippen molar-refractivity contribution in [3.8, 4) is 29.0 Å². The second kappa shape index (κ2) is 4.96. The highest BCUT2D eigenvalue weighted by molar-refractivity contribution is 5.90. The molecule has 1 aliphatic heterocycles. The minimum absolute atomic E-state index is 0.238. The van der Waals surface area contributed by atoms with Crippen LogP contribution in [0.25, 0.3) is 16.6 Å². The Labute approximate surface area is 133 Å². The lowest BCUT2D eigenvalue weighted by Crippen LogP contribution is -1.97. The molecule has 0 amide bonds. The molecule has 0 fully saturated rings. The van der Waals surface area contributed by atoms with Crippen LogP contribution in [0.3, 0.4) is 0 Å². The Balaban J connectivity index is 2.02. The van der Waals surface area contributed by atoms with Crippen LogP contribution in [0.4, 0.5) is 0 Å². The van der Waals surface area contributed by atoms with E-state index in [9.17, 15) is 5.26 Å². The molecule has 0 spiro atoms. The summed E-state index contributed by atoms with van der Waals surface area (Å²) in [5.74, 6) is 2.20. The number of rotatable bonds is 2. The van der Waals surface area contributed by atoms with Crippen LogP contribution >= 0.6 is 0 Å². The van der Waals surface area contributed by atoms with E-state index < -0.39 is 0 Å². The molecule has 0 aliphatic carbocycles. The van der Waals surface area contributed by atoms with Gasteiger partial charge in [-0.15, -0.1) is 0 Å². The molecule has 0 bridgehead atoms. The van der Waals surface area contributed by atoms with E-state index in [1.165, 1.54) is 0 Å². The summed E-state index contributed by atoms with van der Waals surface area (Å²) in [5.41, 5.74) is 3.40. The largest absolute Gasteiger partial charge is 0.497 e. The molecule has 0 unspecified atom stereocenters. The fourth-order valence-electron chi connectivity index (χ4n) is 3.02. The van der Waals surface area contributed by atoms with Crippen LogP contribution in [0.2, 0.25) is 0 Å². The molecule has 0 saturated carbocycles. The number of methoxy groups -OCH3 is 1. The summed E-state index contributed by atoms with van der Waals surface area (Å²) in [6, 6.07) is 13.8. The van der Waals surface area contributed by atoms with Crippen LogP contribution in [0.15, 0.2) is 36.4 Å². The van der Waals surface area contributed by atoms with Crippen molar-refractivity contribution in [1.82, 2.24) is 4.57 Å². The van der Waals surface area contributed by atoms with Crippen LogP contribution in [0.5, 0.6) is 17.2 Å². The number of nitrogens with zero attached hydrogens (tertiary/aromatic N) is 2. The molecule has 2 aromatic carbocycles. The van der Waals surface area contributed by atoms with Crippen molar-refractivity contribution in [2.24, 2.45) is 0 Å². The number of aromatic nitrogens is 1. The molecule has 1 aromatic heterocycles. The van der Waals surface area contributed by atoms with Crippen LogP contribution in [-0.2, 0) is 0 Å². The summed E-state index contributed by atoms with van der Waals surface area (Å²) < 4.78 is 18.2. The summed E-state index contributed by atoms with van der Waals surface area (Å²) in [7, 11) is 1.63. The number of fused-ring (bicyclic) bond motifs is 2. The van der Waals surface area contributed by atoms with E-state index >= 15 is 0 Å². The van der Waals surface area contributed by atoms with Crippen molar-refractivity contribution >= 4 is 10.9 Å². The summed E-state index contributed by atoms with van der Waals surface area (Å²) in [4.78, 5) is 0. The van der Waals surface area contributed by atoms with Gasteiger partial charge in [0.25, 0.3) is 0 Å². The lowest BCUT2D eigenvalue weighted by atomic mass is 10.1. The molecule has 4 rings (SSSR count). The SMILES string of the molecule is COc1ccc2c(C#N)c(C)n(-c3ccc4c(c3)OCO4)c2c1. The lowest BCUT2D eigenvalue weighted by molar-refractivity contribution is 0.174. The number of hydrogen-bond acceptors (Lipinski definition) is 4. The van der Waals surface area contributed by atoms with Crippen molar-refractivity contribution in [3.05, 3.63) is 47.7 Å². The average Bonchev–Trinajstić information content (AvgIpc) is 3.14. The normalized spacial score (nSPS) is 12.4. The Kier molecular flexibility index (Phi) is 2.91. The van der Waals surface area contributed by atoms with Gasteiger partial charge in [-0.1, -0.05) is 0 Å². The molecule has 114 valence electrons. The van der Waals surface area contributed by atoms with E-state index in [0.717, 1.165) is 33.8 Å². The number of nitriles is 1. The lowest BCUT2D eigenvalue weighted by Gasteiger charge is -2.10. The highest BCUT2D eigenvalue weighted by Crippen LogP contribution is 2.37. The van der Waals surface area contributed by atoms with E-state index in [0.29, 0.717) is 11.3 Å². The average molecular weight is 306 g/mol. The van der Waals surface area contributed by atoms with Gasteiger partial charge in [-0.05, 0) is 31.2 Å². The maximum Gasteiger partial charge on any atom is 0.231 e. The van der Waals surface area contributed by atoms with Crippen molar-refractivity contribution in [2.45, 2.75) is 6.92 Å². The van der Waals surface area contributed by atoms with E-state index in [1.54, 1.807) is 7.11 Å². The third kappa shape index (κ3) is 1.92. The van der Waals surface area contributed by atoms with Gasteiger partial charge in [0.05, 0.1) is 18.2 Å². The predicted molar refractivity (Wildman–Crippen MR) is 85.4 cm³/mol.